The molecule has 1 N–H and O–H groups in total. The summed E-state index contributed by atoms with van der Waals surface area (Å²) in [4.78, 5) is 10.9. The smallest absolute Gasteiger partial charge is 0.358 e. The highest BCUT2D eigenvalue weighted by Gasteiger charge is 2.46. The van der Waals surface area contributed by atoms with Crippen LogP contribution in [0.15, 0.2) is 27.2 Å². The van der Waals surface area contributed by atoms with Gasteiger partial charge >= 0.3 is 5.97 Å². The fourth-order valence-corrected chi connectivity index (χ4v) is 2.99. The molecule has 1 spiro atoms. The van der Waals surface area contributed by atoms with Crippen LogP contribution in [0.4, 0.5) is 0 Å². The summed E-state index contributed by atoms with van der Waals surface area (Å²) in [5.74, 6) is 0.542. The second-order valence-corrected chi connectivity index (χ2v) is 6.60. The van der Waals surface area contributed by atoms with Crippen molar-refractivity contribution in [2.45, 2.75) is 12.8 Å². The van der Waals surface area contributed by atoms with Crippen molar-refractivity contribution in [1.82, 2.24) is 5.16 Å². The molecule has 0 radical (unpaired) electrons. The second kappa shape index (κ2) is 4.74. The van der Waals surface area contributed by atoms with Crippen LogP contribution in [0.25, 0.3) is 11.3 Å². The van der Waals surface area contributed by atoms with Gasteiger partial charge in [-0.15, -0.1) is 0 Å². The second-order valence-electron chi connectivity index (χ2n) is 5.74. The molecule has 0 bridgehead atoms. The van der Waals surface area contributed by atoms with Gasteiger partial charge in [-0.3, -0.25) is 0 Å². The Morgan fingerprint density at radius 1 is 1.23 bits per heavy atom. The highest BCUT2D eigenvalue weighted by molar-refractivity contribution is 9.10. The van der Waals surface area contributed by atoms with Crippen LogP contribution in [0.5, 0.6) is 11.5 Å². The van der Waals surface area contributed by atoms with Crippen molar-refractivity contribution in [3.8, 4) is 22.8 Å². The van der Waals surface area contributed by atoms with Crippen LogP contribution in [0.3, 0.4) is 0 Å². The maximum Gasteiger partial charge on any atom is 0.358 e. The molecule has 22 heavy (non-hydrogen) atoms. The van der Waals surface area contributed by atoms with Crippen molar-refractivity contribution in [3.63, 3.8) is 0 Å². The first-order valence-corrected chi connectivity index (χ1v) is 7.65. The molecule has 0 amide bonds. The van der Waals surface area contributed by atoms with Crippen LogP contribution >= 0.6 is 15.9 Å². The molecule has 7 heteroatoms. The van der Waals surface area contributed by atoms with Gasteiger partial charge < -0.3 is 19.1 Å². The molecule has 0 atom stereocenters. The van der Waals surface area contributed by atoms with Gasteiger partial charge in [-0.25, -0.2) is 4.79 Å². The first kappa shape index (κ1) is 13.6. The lowest BCUT2D eigenvalue weighted by molar-refractivity contribution is 0.0686. The summed E-state index contributed by atoms with van der Waals surface area (Å²) in [5, 5.41) is 12.4. The van der Waals surface area contributed by atoms with E-state index in [2.05, 4.69) is 21.1 Å². The number of carbonyl (C=O) groups is 1. The van der Waals surface area contributed by atoms with Crippen LogP contribution in [-0.4, -0.2) is 29.4 Å². The number of halogens is 1. The van der Waals surface area contributed by atoms with Gasteiger partial charge in [-0.05, 0) is 40.9 Å². The van der Waals surface area contributed by atoms with Gasteiger partial charge in [0.25, 0.3) is 0 Å². The molecule has 1 saturated carbocycles. The number of carboxylic acids is 1. The minimum absolute atomic E-state index is 0.129. The number of fused-ring (bicyclic) bond motifs is 1. The topological polar surface area (TPSA) is 81.8 Å². The Kier molecular flexibility index (Phi) is 2.94. The Labute approximate surface area is 134 Å². The molecule has 1 aromatic carbocycles. The lowest BCUT2D eigenvalue weighted by Gasteiger charge is -2.10. The summed E-state index contributed by atoms with van der Waals surface area (Å²) >= 11 is 3.48. The third-order valence-electron chi connectivity index (χ3n) is 4.04. The molecule has 6 nitrogen and oxygen atoms in total. The van der Waals surface area contributed by atoms with E-state index in [-0.39, 0.29) is 11.1 Å². The molecule has 2 aromatic rings. The highest BCUT2D eigenvalue weighted by Crippen LogP contribution is 2.51. The predicted octanol–water partition coefficient (Wildman–Crippen LogP) is 3.35. The molecule has 0 saturated heterocycles. The van der Waals surface area contributed by atoms with Crippen LogP contribution in [0.1, 0.15) is 23.3 Å². The number of nitrogens with zero attached hydrogens (tertiary/aromatic N) is 1. The van der Waals surface area contributed by atoms with E-state index in [1.165, 1.54) is 6.07 Å². The van der Waals surface area contributed by atoms with Crippen molar-refractivity contribution in [3.05, 3.63) is 28.4 Å². The van der Waals surface area contributed by atoms with Crippen molar-refractivity contribution >= 4 is 21.9 Å². The van der Waals surface area contributed by atoms with E-state index >= 15 is 0 Å². The highest BCUT2D eigenvalue weighted by atomic mass is 79.9. The minimum atomic E-state index is -1.13. The first-order valence-electron chi connectivity index (χ1n) is 6.86. The van der Waals surface area contributed by atoms with Gasteiger partial charge in [0.15, 0.2) is 23.0 Å². The fraction of sp³-hybridized carbons (Fsp3) is 0.333. The zero-order valence-electron chi connectivity index (χ0n) is 11.5. The van der Waals surface area contributed by atoms with Gasteiger partial charge in [0.1, 0.15) is 0 Å². The third kappa shape index (κ3) is 2.25. The Morgan fingerprint density at radius 2 is 2.00 bits per heavy atom. The van der Waals surface area contributed by atoms with Gasteiger partial charge in [0.05, 0.1) is 17.7 Å². The van der Waals surface area contributed by atoms with Crippen LogP contribution in [-0.2, 0) is 0 Å². The van der Waals surface area contributed by atoms with E-state index in [1.54, 1.807) is 12.1 Å². The molecular weight excluding hydrogens is 354 g/mol. The van der Waals surface area contributed by atoms with E-state index in [9.17, 15) is 4.79 Å². The number of hydrogen-bond acceptors (Lipinski definition) is 5. The van der Waals surface area contributed by atoms with Crippen LogP contribution in [0, 0.1) is 5.41 Å². The number of carboxylic acid groups (broad SMARTS) is 1. The maximum absolute atomic E-state index is 10.9. The van der Waals surface area contributed by atoms with E-state index in [4.69, 9.17) is 19.1 Å². The lowest BCUT2D eigenvalue weighted by Crippen LogP contribution is -2.17. The quantitative estimate of drug-likeness (QED) is 0.878. The van der Waals surface area contributed by atoms with Crippen molar-refractivity contribution in [2.75, 3.05) is 13.2 Å². The first-order chi connectivity index (χ1) is 10.6. The maximum atomic E-state index is 10.9. The summed E-state index contributed by atoms with van der Waals surface area (Å²) in [6, 6.07) is 4.98. The summed E-state index contributed by atoms with van der Waals surface area (Å²) in [5.41, 5.74) is 0.706. The van der Waals surface area contributed by atoms with Gasteiger partial charge in [0.2, 0.25) is 0 Å². The van der Waals surface area contributed by atoms with E-state index in [0.717, 1.165) is 17.3 Å². The molecule has 1 fully saturated rings. The number of hydrogen-bond donors (Lipinski definition) is 1. The molecule has 1 aromatic heterocycles. The van der Waals surface area contributed by atoms with Crippen molar-refractivity contribution in [1.29, 1.82) is 0 Å². The monoisotopic (exact) mass is 365 g/mol. The normalized spacial score (nSPS) is 18.0. The average Bonchev–Trinajstić information content (AvgIpc) is 3.13. The number of rotatable bonds is 2. The molecule has 1 aliphatic carbocycles. The fourth-order valence-electron chi connectivity index (χ4n) is 2.43. The Bertz CT molecular complexity index is 765. The standard InChI is InChI=1S/C15H12BrNO5/c16-9-3-8(11-5-10(14(18)19)17-22-11)4-12-13(9)21-7-15(1-2-15)6-20-12/h3-5H,1-2,6-7H2,(H,18,19). The largest absolute Gasteiger partial charge is 0.489 e. The number of aromatic carboxylic acids is 1. The van der Waals surface area contributed by atoms with E-state index < -0.39 is 5.97 Å². The number of ether oxygens (including phenoxy) is 2. The lowest BCUT2D eigenvalue weighted by atomic mass is 10.1. The molecule has 0 unspecified atom stereocenters. The molecule has 1 aliphatic heterocycles. The third-order valence-corrected chi connectivity index (χ3v) is 4.63. The molecular formula is C15H12BrNO5. The summed E-state index contributed by atoms with van der Waals surface area (Å²) < 4.78 is 17.6. The molecule has 2 heterocycles. The van der Waals surface area contributed by atoms with Gasteiger partial charge in [0, 0.05) is 17.0 Å². The van der Waals surface area contributed by atoms with Gasteiger partial charge in [-0.2, -0.15) is 0 Å². The Balaban J connectivity index is 1.71. The number of benzene rings is 1. The van der Waals surface area contributed by atoms with Crippen LogP contribution < -0.4 is 9.47 Å². The Morgan fingerprint density at radius 3 is 2.68 bits per heavy atom. The van der Waals surface area contributed by atoms with Gasteiger partial charge in [-0.1, -0.05) is 5.16 Å². The zero-order chi connectivity index (χ0) is 15.3. The Hall–Kier alpha value is -2.02. The van der Waals surface area contributed by atoms with E-state index in [1.807, 2.05) is 0 Å². The SMILES string of the molecule is O=C(O)c1cc(-c2cc(Br)c3c(c2)OCC2(CC2)CO3)on1. The average molecular weight is 366 g/mol. The van der Waals surface area contributed by atoms with Crippen molar-refractivity contribution < 1.29 is 23.9 Å². The van der Waals surface area contributed by atoms with E-state index in [0.29, 0.717) is 36.0 Å². The molecule has 4 rings (SSSR count). The van der Waals surface area contributed by atoms with Crippen molar-refractivity contribution in [2.24, 2.45) is 5.41 Å². The van der Waals surface area contributed by atoms with Crippen LogP contribution in [0.2, 0.25) is 0 Å². The summed E-state index contributed by atoms with van der Waals surface area (Å²) in [6.07, 6.45) is 2.24. The predicted molar refractivity (Wildman–Crippen MR) is 79.3 cm³/mol. The summed E-state index contributed by atoms with van der Waals surface area (Å²) in [6.45, 7) is 1.29. The summed E-state index contributed by atoms with van der Waals surface area (Å²) in [7, 11) is 0. The number of aromatic nitrogens is 1. The minimum Gasteiger partial charge on any atom is -0.489 e. The zero-order valence-corrected chi connectivity index (χ0v) is 13.1. The molecule has 2 aliphatic rings. The molecule has 114 valence electrons.